The molecule has 0 heterocycles. The van der Waals surface area contributed by atoms with Crippen LogP contribution in [0.5, 0.6) is 0 Å². The smallest absolute Gasteiger partial charge is 0.304 e. The van der Waals surface area contributed by atoms with Gasteiger partial charge in [-0.3, -0.25) is 4.79 Å². The number of nitrogens with zero attached hydrogens (tertiary/aromatic N) is 1. The van der Waals surface area contributed by atoms with Crippen molar-refractivity contribution in [2.75, 3.05) is 0 Å². The fourth-order valence-corrected chi connectivity index (χ4v) is 6.95. The third-order valence-electron chi connectivity index (χ3n) is 8.11. The molecule has 0 amide bonds. The summed E-state index contributed by atoms with van der Waals surface area (Å²) in [5.41, 5.74) is 1.48. The number of carbonyl (C=O) groups is 1. The molecule has 140 valence electrons. The summed E-state index contributed by atoms with van der Waals surface area (Å²) < 4.78 is 5.81. The topological polar surface area (TPSA) is 58.9 Å². The van der Waals surface area contributed by atoms with E-state index < -0.39 is 5.60 Å². The van der Waals surface area contributed by atoms with Crippen molar-refractivity contribution >= 4 is 11.7 Å². The quantitative estimate of drug-likeness (QED) is 0.330. The Balaban J connectivity index is 1.63. The van der Waals surface area contributed by atoms with E-state index in [-0.39, 0.29) is 11.4 Å². The minimum Gasteiger partial charge on any atom is -0.445 e. The Kier molecular flexibility index (Phi) is 4.17. The molecule has 0 saturated heterocycles. The van der Waals surface area contributed by atoms with Gasteiger partial charge in [-0.15, -0.1) is 6.42 Å². The normalized spacial score (nSPS) is 45.7. The Morgan fingerprint density at radius 1 is 1.27 bits per heavy atom. The maximum absolute atomic E-state index is 11.8. The zero-order chi connectivity index (χ0) is 18.5. The van der Waals surface area contributed by atoms with Crippen LogP contribution in [0.25, 0.3) is 0 Å². The Hall–Kier alpha value is -1.76. The van der Waals surface area contributed by atoms with Crippen LogP contribution >= 0.6 is 0 Å². The number of hydrogen-bond donors (Lipinski definition) is 1. The van der Waals surface area contributed by atoms with Gasteiger partial charge >= 0.3 is 5.97 Å². The molecule has 6 atom stereocenters. The molecule has 0 aliphatic heterocycles. The predicted molar refractivity (Wildman–Crippen MR) is 99.6 cm³/mol. The monoisotopic (exact) mass is 355 g/mol. The summed E-state index contributed by atoms with van der Waals surface area (Å²) in [7, 11) is 0. The van der Waals surface area contributed by atoms with Crippen molar-refractivity contribution in [1.29, 1.82) is 0 Å². The molecule has 0 aromatic carbocycles. The molecule has 1 N–H and O–H groups in total. The molecular formula is C22H29NO3. The van der Waals surface area contributed by atoms with Crippen LogP contribution in [-0.2, 0) is 9.53 Å². The van der Waals surface area contributed by atoms with Crippen molar-refractivity contribution in [2.45, 2.75) is 70.8 Å². The summed E-state index contributed by atoms with van der Waals surface area (Å²) in [6.07, 6.45) is 16.3. The molecule has 0 aromatic heterocycles. The fraction of sp³-hybridized carbons (Fsp3) is 0.727. The van der Waals surface area contributed by atoms with Crippen molar-refractivity contribution in [3.05, 3.63) is 11.6 Å². The number of esters is 1. The first-order valence-electron chi connectivity index (χ1n) is 10.0. The highest BCUT2D eigenvalue weighted by molar-refractivity contribution is 5.96. The first kappa shape index (κ1) is 17.6. The number of hydrogen-bond acceptors (Lipinski definition) is 4. The number of fused-ring (bicyclic) bond motifs is 5. The van der Waals surface area contributed by atoms with Crippen LogP contribution in [0, 0.1) is 41.4 Å². The highest BCUT2D eigenvalue weighted by Gasteiger charge is 2.64. The second kappa shape index (κ2) is 6.15. The van der Waals surface area contributed by atoms with Crippen molar-refractivity contribution in [1.82, 2.24) is 0 Å². The number of allylic oxidation sites excluding steroid dienone is 2. The number of terminal acetylenes is 1. The highest BCUT2D eigenvalue weighted by Crippen LogP contribution is 2.65. The molecule has 4 aliphatic rings. The molecule has 4 nitrogen and oxygen atoms in total. The van der Waals surface area contributed by atoms with Gasteiger partial charge in [-0.1, -0.05) is 23.6 Å². The maximum Gasteiger partial charge on any atom is 0.304 e. The van der Waals surface area contributed by atoms with E-state index >= 15 is 0 Å². The zero-order valence-electron chi connectivity index (χ0n) is 15.8. The lowest BCUT2D eigenvalue weighted by molar-refractivity contribution is -0.167. The molecule has 0 radical (unpaired) electrons. The van der Waals surface area contributed by atoms with Crippen LogP contribution < -0.4 is 0 Å². The molecule has 4 heteroatoms. The van der Waals surface area contributed by atoms with E-state index in [2.05, 4.69) is 24.1 Å². The van der Waals surface area contributed by atoms with Crippen LogP contribution in [0.3, 0.4) is 0 Å². The van der Waals surface area contributed by atoms with E-state index in [1.807, 2.05) is 0 Å². The maximum atomic E-state index is 11.8. The van der Waals surface area contributed by atoms with Crippen molar-refractivity contribution in [2.24, 2.45) is 34.2 Å². The van der Waals surface area contributed by atoms with E-state index in [1.165, 1.54) is 18.9 Å². The van der Waals surface area contributed by atoms with E-state index in [4.69, 9.17) is 16.4 Å². The van der Waals surface area contributed by atoms with Gasteiger partial charge in [-0.05, 0) is 81.1 Å². The summed E-state index contributed by atoms with van der Waals surface area (Å²) in [4.78, 5) is 11.8. The standard InChI is InChI=1S/C22H29NO3/c1-4-22(26-14(2)24)12-10-20-19-7-5-15-13-16(23-25)6-8-17(15)18(19)9-11-21(20,22)3/h1,13,17-20,25H,5-12H2,2-3H3/b23-16+/t17?,18-,19?,20+,21?,22+/m1/s1. The average Bonchev–Trinajstić information content (AvgIpc) is 2.93. The van der Waals surface area contributed by atoms with Gasteiger partial charge < -0.3 is 9.94 Å². The molecule has 0 bridgehead atoms. The first-order valence-corrected chi connectivity index (χ1v) is 10.0. The SMILES string of the molecule is C#C[C@]1(OC(C)=O)CC[C@H]2C3CCC4=C/C(=N/O)CCC4[C@H]3CCC21C. The molecule has 4 rings (SSSR count). The van der Waals surface area contributed by atoms with Gasteiger partial charge in [0.05, 0.1) is 5.71 Å². The number of ether oxygens (including phenoxy) is 1. The van der Waals surface area contributed by atoms with E-state index in [9.17, 15) is 4.79 Å². The molecule has 4 aliphatic carbocycles. The van der Waals surface area contributed by atoms with Crippen LogP contribution in [0.1, 0.15) is 65.2 Å². The zero-order valence-corrected chi connectivity index (χ0v) is 15.8. The van der Waals surface area contributed by atoms with Crippen molar-refractivity contribution in [3.8, 4) is 12.3 Å². The minimum absolute atomic E-state index is 0.109. The number of rotatable bonds is 1. The van der Waals surface area contributed by atoms with E-state index in [1.54, 1.807) is 0 Å². The molecule has 3 fully saturated rings. The lowest BCUT2D eigenvalue weighted by Crippen LogP contribution is -2.53. The minimum atomic E-state index is -0.728. The average molecular weight is 355 g/mol. The summed E-state index contributed by atoms with van der Waals surface area (Å²) in [5.74, 6) is 5.17. The van der Waals surface area contributed by atoms with E-state index in [0.717, 1.165) is 50.7 Å². The van der Waals surface area contributed by atoms with Gasteiger partial charge in [0.2, 0.25) is 0 Å². The largest absolute Gasteiger partial charge is 0.445 e. The molecule has 0 aromatic rings. The number of oxime groups is 1. The summed E-state index contributed by atoms with van der Waals surface area (Å²) in [6, 6.07) is 0. The van der Waals surface area contributed by atoms with Crippen LogP contribution in [-0.4, -0.2) is 22.5 Å². The van der Waals surface area contributed by atoms with Crippen LogP contribution in [0.2, 0.25) is 0 Å². The third kappa shape index (κ3) is 2.36. The molecular weight excluding hydrogens is 326 g/mol. The summed E-state index contributed by atoms with van der Waals surface area (Å²) in [6.45, 7) is 3.74. The van der Waals surface area contributed by atoms with E-state index in [0.29, 0.717) is 23.7 Å². The van der Waals surface area contributed by atoms with Gasteiger partial charge in [0, 0.05) is 12.3 Å². The molecule has 26 heavy (non-hydrogen) atoms. The van der Waals surface area contributed by atoms with Crippen molar-refractivity contribution < 1.29 is 14.7 Å². The predicted octanol–water partition coefficient (Wildman–Crippen LogP) is 4.32. The lowest BCUT2D eigenvalue weighted by Gasteiger charge is -2.55. The number of carbonyl (C=O) groups excluding carboxylic acids is 1. The Bertz CT molecular complexity index is 717. The first-order chi connectivity index (χ1) is 12.4. The second-order valence-electron chi connectivity index (χ2n) is 8.99. The fourth-order valence-electron chi connectivity index (χ4n) is 6.95. The third-order valence-corrected chi connectivity index (χ3v) is 8.11. The van der Waals surface area contributed by atoms with Gasteiger partial charge in [0.25, 0.3) is 0 Å². The van der Waals surface area contributed by atoms with Crippen LogP contribution in [0.4, 0.5) is 0 Å². The lowest BCUT2D eigenvalue weighted by atomic mass is 9.50. The van der Waals surface area contributed by atoms with Gasteiger partial charge in [-0.25, -0.2) is 0 Å². The Morgan fingerprint density at radius 3 is 2.77 bits per heavy atom. The van der Waals surface area contributed by atoms with Crippen LogP contribution in [0.15, 0.2) is 16.8 Å². The van der Waals surface area contributed by atoms with Gasteiger partial charge in [-0.2, -0.15) is 0 Å². The summed E-state index contributed by atoms with van der Waals surface area (Å²) in [5, 5.41) is 12.5. The summed E-state index contributed by atoms with van der Waals surface area (Å²) >= 11 is 0. The van der Waals surface area contributed by atoms with Crippen molar-refractivity contribution in [3.63, 3.8) is 0 Å². The molecule has 0 spiro atoms. The van der Waals surface area contributed by atoms with Gasteiger partial charge in [0.15, 0.2) is 5.60 Å². The van der Waals surface area contributed by atoms with Gasteiger partial charge in [0.1, 0.15) is 0 Å². The molecule has 3 saturated carbocycles. The highest BCUT2D eigenvalue weighted by atomic mass is 16.6. The Labute approximate surface area is 156 Å². The Morgan fingerprint density at radius 2 is 2.08 bits per heavy atom. The second-order valence-corrected chi connectivity index (χ2v) is 8.99. The molecule has 3 unspecified atom stereocenters.